The summed E-state index contributed by atoms with van der Waals surface area (Å²) in [7, 11) is 1.49. The number of carbonyl (C=O) groups excluding carboxylic acids is 3. The van der Waals surface area contributed by atoms with E-state index in [9.17, 15) is 14.4 Å². The highest BCUT2D eigenvalue weighted by atomic mass is 32.2. The summed E-state index contributed by atoms with van der Waals surface area (Å²) in [5.74, 6) is -0.798. The highest BCUT2D eigenvalue weighted by Crippen LogP contribution is 2.29. The fourth-order valence-electron chi connectivity index (χ4n) is 2.58. The van der Waals surface area contributed by atoms with E-state index in [-0.39, 0.29) is 12.5 Å². The Hall–Kier alpha value is -3.00. The van der Waals surface area contributed by atoms with Gasteiger partial charge in [0.05, 0.1) is 12.1 Å². The van der Waals surface area contributed by atoms with Gasteiger partial charge < -0.3 is 4.74 Å². The van der Waals surface area contributed by atoms with Crippen LogP contribution in [0.2, 0.25) is 0 Å². The van der Waals surface area contributed by atoms with Crippen LogP contribution >= 0.6 is 12.1 Å². The molecule has 2 rings (SSSR count). The lowest BCUT2D eigenvalue weighted by molar-refractivity contribution is -0.00142. The molecule has 2 aromatic carbocycles. The van der Waals surface area contributed by atoms with Gasteiger partial charge in [0.25, 0.3) is 11.8 Å². The predicted octanol–water partition coefficient (Wildman–Crippen LogP) is 4.64. The smallest absolute Gasteiger partial charge is 0.420 e. The molecule has 0 saturated carbocycles. The van der Waals surface area contributed by atoms with Gasteiger partial charge in [-0.3, -0.25) is 9.59 Å². The fourth-order valence-corrected chi connectivity index (χ4v) is 3.51. The van der Waals surface area contributed by atoms with Crippen LogP contribution in [0.25, 0.3) is 0 Å². The molecular weight excluding hydrogens is 402 g/mol. The number of amides is 3. The molecular formula is C22H27N3O4S. The summed E-state index contributed by atoms with van der Waals surface area (Å²) >= 11 is 0.801. The van der Waals surface area contributed by atoms with Crippen molar-refractivity contribution >= 4 is 30.0 Å². The Balaban J connectivity index is 2.50. The van der Waals surface area contributed by atoms with Crippen molar-refractivity contribution in [1.29, 1.82) is 0 Å². The Labute approximate surface area is 181 Å². The molecule has 0 atom stereocenters. The largest absolute Gasteiger partial charge is 0.449 e. The van der Waals surface area contributed by atoms with Crippen molar-refractivity contribution in [2.24, 2.45) is 0 Å². The molecule has 0 aliphatic carbocycles. The van der Waals surface area contributed by atoms with Gasteiger partial charge in [-0.25, -0.2) is 14.1 Å². The molecule has 2 aromatic rings. The quantitative estimate of drug-likeness (QED) is 0.512. The molecule has 0 radical (unpaired) electrons. The molecule has 0 spiro atoms. The van der Waals surface area contributed by atoms with Crippen LogP contribution in [0.1, 0.15) is 48.4 Å². The minimum atomic E-state index is -0.764. The summed E-state index contributed by atoms with van der Waals surface area (Å²) in [5.41, 5.74) is 0.0508. The lowest BCUT2D eigenvalue weighted by Gasteiger charge is -2.42. The maximum absolute atomic E-state index is 13.4. The van der Waals surface area contributed by atoms with E-state index in [1.165, 1.54) is 20.8 Å². The highest BCUT2D eigenvalue weighted by Gasteiger charge is 2.38. The Morgan fingerprint density at radius 2 is 1.33 bits per heavy atom. The molecule has 30 heavy (non-hydrogen) atoms. The first-order valence-electron chi connectivity index (χ1n) is 9.54. The van der Waals surface area contributed by atoms with E-state index in [0.29, 0.717) is 11.1 Å². The predicted molar refractivity (Wildman–Crippen MR) is 117 cm³/mol. The van der Waals surface area contributed by atoms with Gasteiger partial charge in [0.15, 0.2) is 0 Å². The van der Waals surface area contributed by atoms with E-state index in [2.05, 4.69) is 0 Å². The van der Waals surface area contributed by atoms with Crippen molar-refractivity contribution < 1.29 is 19.1 Å². The molecule has 0 unspecified atom stereocenters. The zero-order chi connectivity index (χ0) is 22.3. The van der Waals surface area contributed by atoms with Crippen LogP contribution in [-0.2, 0) is 4.74 Å². The van der Waals surface area contributed by atoms with E-state index in [1.807, 2.05) is 26.8 Å². The molecule has 0 N–H and O–H groups in total. The maximum atomic E-state index is 13.4. The van der Waals surface area contributed by atoms with Gasteiger partial charge >= 0.3 is 6.09 Å². The van der Waals surface area contributed by atoms with Crippen LogP contribution < -0.4 is 0 Å². The number of nitrogens with zero attached hydrogens (tertiary/aromatic N) is 3. The van der Waals surface area contributed by atoms with E-state index in [4.69, 9.17) is 4.74 Å². The van der Waals surface area contributed by atoms with E-state index < -0.39 is 17.5 Å². The molecule has 0 heterocycles. The summed E-state index contributed by atoms with van der Waals surface area (Å²) in [6.45, 7) is 7.37. The van der Waals surface area contributed by atoms with Crippen LogP contribution in [0.3, 0.4) is 0 Å². The van der Waals surface area contributed by atoms with E-state index >= 15 is 0 Å². The van der Waals surface area contributed by atoms with Gasteiger partial charge in [0.2, 0.25) is 0 Å². The molecule has 0 saturated heterocycles. The van der Waals surface area contributed by atoms with Gasteiger partial charge in [-0.15, -0.1) is 0 Å². The van der Waals surface area contributed by atoms with Crippen molar-refractivity contribution in [2.75, 3.05) is 13.7 Å². The molecule has 7 nitrogen and oxygen atoms in total. The Bertz CT molecular complexity index is 869. The zero-order valence-corrected chi connectivity index (χ0v) is 18.7. The van der Waals surface area contributed by atoms with Crippen LogP contribution in [-0.4, -0.2) is 50.8 Å². The van der Waals surface area contributed by atoms with Crippen molar-refractivity contribution in [3.8, 4) is 0 Å². The van der Waals surface area contributed by atoms with Crippen molar-refractivity contribution in [3.05, 3.63) is 71.8 Å². The minimum absolute atomic E-state index is 0.197. The fraction of sp³-hybridized carbons (Fsp3) is 0.318. The van der Waals surface area contributed by atoms with Crippen LogP contribution in [0.4, 0.5) is 4.79 Å². The molecule has 8 heteroatoms. The highest BCUT2D eigenvalue weighted by molar-refractivity contribution is 7.95. The van der Waals surface area contributed by atoms with Crippen molar-refractivity contribution in [3.63, 3.8) is 0 Å². The molecule has 0 aliphatic heterocycles. The Kier molecular flexibility index (Phi) is 7.88. The van der Waals surface area contributed by atoms with E-state index in [0.717, 1.165) is 12.1 Å². The summed E-state index contributed by atoms with van der Waals surface area (Å²) in [4.78, 5) is 39.0. The summed E-state index contributed by atoms with van der Waals surface area (Å²) in [5, 5.41) is 1.36. The lowest BCUT2D eigenvalue weighted by Crippen LogP contribution is -2.56. The third-order valence-electron chi connectivity index (χ3n) is 3.95. The molecule has 0 aliphatic rings. The summed E-state index contributed by atoms with van der Waals surface area (Å²) in [6, 6.07) is 17.3. The van der Waals surface area contributed by atoms with Gasteiger partial charge in [-0.05, 0) is 52.0 Å². The second-order valence-corrected chi connectivity index (χ2v) is 8.43. The standard InChI is InChI=1S/C22H27N3O4S/c1-6-29-21(28)23(5)30-25(20(27)18-15-11-8-12-16-18)24(22(2,3)4)19(26)17-13-9-7-10-14-17/h7-16H,6H2,1-5H3. The molecule has 0 aromatic heterocycles. The van der Waals surface area contributed by atoms with Gasteiger partial charge in [-0.1, -0.05) is 36.4 Å². The van der Waals surface area contributed by atoms with Crippen molar-refractivity contribution in [1.82, 2.24) is 13.7 Å². The second kappa shape index (κ2) is 10.2. The van der Waals surface area contributed by atoms with Gasteiger partial charge in [0, 0.05) is 18.2 Å². The monoisotopic (exact) mass is 429 g/mol. The molecule has 3 amide bonds. The Morgan fingerprint density at radius 1 is 0.867 bits per heavy atom. The first kappa shape index (κ1) is 23.3. The average molecular weight is 430 g/mol. The average Bonchev–Trinajstić information content (AvgIpc) is 2.73. The first-order chi connectivity index (χ1) is 14.2. The van der Waals surface area contributed by atoms with Crippen LogP contribution in [0.15, 0.2) is 60.7 Å². The number of ether oxygens (including phenoxy) is 1. The third-order valence-corrected chi connectivity index (χ3v) is 4.83. The topological polar surface area (TPSA) is 70.2 Å². The minimum Gasteiger partial charge on any atom is -0.449 e. The SMILES string of the molecule is CCOC(=O)N(C)SN(C(=O)c1ccccc1)N(C(=O)c1ccccc1)C(C)(C)C. The van der Waals surface area contributed by atoms with Gasteiger partial charge in [0.1, 0.15) is 12.1 Å². The normalized spacial score (nSPS) is 10.8. The Morgan fingerprint density at radius 3 is 1.77 bits per heavy atom. The molecule has 0 fully saturated rings. The second-order valence-electron chi connectivity index (χ2n) is 7.38. The zero-order valence-electron chi connectivity index (χ0n) is 17.9. The van der Waals surface area contributed by atoms with E-state index in [1.54, 1.807) is 61.5 Å². The van der Waals surface area contributed by atoms with Gasteiger partial charge in [-0.2, -0.15) is 4.41 Å². The first-order valence-corrected chi connectivity index (χ1v) is 10.3. The lowest BCUT2D eigenvalue weighted by atomic mass is 10.1. The number of benzene rings is 2. The number of hydrogen-bond acceptors (Lipinski definition) is 5. The summed E-state index contributed by atoms with van der Waals surface area (Å²) in [6.07, 6.45) is -0.616. The number of hydrogen-bond donors (Lipinski definition) is 0. The van der Waals surface area contributed by atoms with Crippen LogP contribution in [0.5, 0.6) is 0 Å². The molecule has 160 valence electrons. The third kappa shape index (κ3) is 5.76. The maximum Gasteiger partial charge on any atom is 0.420 e. The summed E-state index contributed by atoms with van der Waals surface area (Å²) < 4.78 is 7.42. The molecule has 0 bridgehead atoms. The number of rotatable bonds is 5. The van der Waals surface area contributed by atoms with Crippen LogP contribution in [0, 0.1) is 0 Å². The number of carbonyl (C=O) groups is 3. The number of hydrazine groups is 1. The van der Waals surface area contributed by atoms with Crippen molar-refractivity contribution in [2.45, 2.75) is 33.2 Å².